The Hall–Kier alpha value is -2.42. The van der Waals surface area contributed by atoms with Crippen molar-refractivity contribution >= 4 is 21.8 Å². The average Bonchev–Trinajstić information content (AvgIpc) is 3.01. The van der Waals surface area contributed by atoms with Crippen molar-refractivity contribution in [3.63, 3.8) is 0 Å². The Labute approximate surface area is 157 Å². The van der Waals surface area contributed by atoms with Crippen LogP contribution in [0.25, 0.3) is 0 Å². The van der Waals surface area contributed by atoms with Crippen LogP contribution in [0, 0.1) is 6.92 Å². The SMILES string of the molecule is Cc1ccc(S(=O)(=O)O)cc1N1C[C@H](O)C[C@H]1C(=O)OCc1ccccc1. The predicted molar refractivity (Wildman–Crippen MR) is 99.0 cm³/mol. The van der Waals surface area contributed by atoms with Gasteiger partial charge in [-0.05, 0) is 30.2 Å². The van der Waals surface area contributed by atoms with Gasteiger partial charge in [0.15, 0.2) is 0 Å². The fourth-order valence-electron chi connectivity index (χ4n) is 3.19. The zero-order valence-electron chi connectivity index (χ0n) is 14.8. The number of aliphatic hydroxyl groups is 1. The number of ether oxygens (including phenoxy) is 1. The fourth-order valence-corrected chi connectivity index (χ4v) is 3.69. The maximum atomic E-state index is 12.6. The maximum absolute atomic E-state index is 12.6. The number of esters is 1. The molecular weight excluding hydrogens is 370 g/mol. The molecule has 2 aromatic rings. The summed E-state index contributed by atoms with van der Waals surface area (Å²) in [5, 5.41) is 10.1. The topological polar surface area (TPSA) is 104 Å². The molecule has 0 amide bonds. The van der Waals surface area contributed by atoms with Gasteiger partial charge in [-0.1, -0.05) is 36.4 Å². The first-order chi connectivity index (χ1) is 12.8. The summed E-state index contributed by atoms with van der Waals surface area (Å²) in [7, 11) is -4.37. The van der Waals surface area contributed by atoms with Crippen LogP contribution < -0.4 is 4.90 Å². The van der Waals surface area contributed by atoms with Crippen LogP contribution >= 0.6 is 0 Å². The van der Waals surface area contributed by atoms with Gasteiger partial charge in [0, 0.05) is 18.7 Å². The lowest BCUT2D eigenvalue weighted by molar-refractivity contribution is -0.146. The van der Waals surface area contributed by atoms with Crippen molar-refractivity contribution in [2.24, 2.45) is 0 Å². The van der Waals surface area contributed by atoms with Gasteiger partial charge in [-0.3, -0.25) is 4.55 Å². The summed E-state index contributed by atoms with van der Waals surface area (Å²) in [4.78, 5) is 14.0. The summed E-state index contributed by atoms with van der Waals surface area (Å²) in [6.45, 7) is 2.05. The molecule has 2 aromatic carbocycles. The van der Waals surface area contributed by atoms with E-state index >= 15 is 0 Å². The zero-order valence-corrected chi connectivity index (χ0v) is 15.6. The molecule has 0 unspecified atom stereocenters. The van der Waals surface area contributed by atoms with E-state index in [1.165, 1.54) is 12.1 Å². The summed E-state index contributed by atoms with van der Waals surface area (Å²) in [5.74, 6) is -0.493. The van der Waals surface area contributed by atoms with Gasteiger partial charge in [0.1, 0.15) is 12.6 Å². The van der Waals surface area contributed by atoms with Crippen LogP contribution in [0.5, 0.6) is 0 Å². The molecule has 8 heteroatoms. The van der Waals surface area contributed by atoms with Crippen LogP contribution in [0.4, 0.5) is 5.69 Å². The molecule has 0 radical (unpaired) electrons. The molecule has 7 nitrogen and oxygen atoms in total. The fraction of sp³-hybridized carbons (Fsp3) is 0.316. The quantitative estimate of drug-likeness (QED) is 0.593. The summed E-state index contributed by atoms with van der Waals surface area (Å²) in [6.07, 6.45) is -0.559. The third-order valence-electron chi connectivity index (χ3n) is 4.56. The molecule has 1 saturated heterocycles. The lowest BCUT2D eigenvalue weighted by Gasteiger charge is -2.27. The Morgan fingerprint density at radius 1 is 1.22 bits per heavy atom. The molecule has 144 valence electrons. The normalized spacial score (nSPS) is 19.9. The van der Waals surface area contributed by atoms with E-state index < -0.39 is 28.2 Å². The van der Waals surface area contributed by atoms with E-state index in [9.17, 15) is 22.9 Å². The van der Waals surface area contributed by atoms with Crippen molar-refractivity contribution in [1.29, 1.82) is 0 Å². The maximum Gasteiger partial charge on any atom is 0.329 e. The average molecular weight is 391 g/mol. The van der Waals surface area contributed by atoms with E-state index in [1.807, 2.05) is 30.3 Å². The van der Waals surface area contributed by atoms with Crippen LogP contribution in [0.15, 0.2) is 53.4 Å². The molecular formula is C19H21NO6S. The van der Waals surface area contributed by atoms with Crippen molar-refractivity contribution in [3.05, 3.63) is 59.7 Å². The number of nitrogens with zero attached hydrogens (tertiary/aromatic N) is 1. The number of hydrogen-bond acceptors (Lipinski definition) is 6. The van der Waals surface area contributed by atoms with Crippen molar-refractivity contribution in [1.82, 2.24) is 0 Å². The highest BCUT2D eigenvalue weighted by Crippen LogP contribution is 2.31. The summed E-state index contributed by atoms with van der Waals surface area (Å²) in [6, 6.07) is 12.7. The van der Waals surface area contributed by atoms with Crippen LogP contribution in [0.2, 0.25) is 0 Å². The van der Waals surface area contributed by atoms with Crippen LogP contribution in [-0.4, -0.2) is 42.7 Å². The first-order valence-corrected chi connectivity index (χ1v) is 9.93. The van der Waals surface area contributed by atoms with E-state index in [0.717, 1.165) is 11.1 Å². The molecule has 0 aromatic heterocycles. The second-order valence-corrected chi connectivity index (χ2v) is 8.00. The number of hydrogen-bond donors (Lipinski definition) is 2. The Bertz CT molecular complexity index is 928. The summed E-state index contributed by atoms with van der Waals surface area (Å²) >= 11 is 0. The number of carbonyl (C=O) groups is 1. The minimum absolute atomic E-state index is 0.115. The van der Waals surface area contributed by atoms with Crippen molar-refractivity contribution in [3.8, 4) is 0 Å². The van der Waals surface area contributed by atoms with Gasteiger partial charge in [-0.15, -0.1) is 0 Å². The molecule has 1 fully saturated rings. The molecule has 3 rings (SSSR count). The molecule has 0 aliphatic carbocycles. The number of rotatable bonds is 5. The molecule has 1 aliphatic rings. The molecule has 27 heavy (non-hydrogen) atoms. The van der Waals surface area contributed by atoms with Gasteiger partial charge >= 0.3 is 5.97 Å². The van der Waals surface area contributed by atoms with E-state index in [-0.39, 0.29) is 24.5 Å². The van der Waals surface area contributed by atoms with E-state index in [2.05, 4.69) is 0 Å². The number of β-amino-alcohol motifs (C(OH)–C–C–N with tert-alkyl or cyclic N) is 1. The van der Waals surface area contributed by atoms with Crippen molar-refractivity contribution in [2.75, 3.05) is 11.4 Å². The smallest absolute Gasteiger partial charge is 0.329 e. The largest absolute Gasteiger partial charge is 0.459 e. The first kappa shape index (κ1) is 19.3. The molecule has 0 spiro atoms. The molecule has 0 bridgehead atoms. The lowest BCUT2D eigenvalue weighted by Crippen LogP contribution is -2.37. The third kappa shape index (κ3) is 4.47. The Morgan fingerprint density at radius 3 is 2.59 bits per heavy atom. The summed E-state index contributed by atoms with van der Waals surface area (Å²) < 4.78 is 37.6. The highest BCUT2D eigenvalue weighted by molar-refractivity contribution is 7.85. The molecule has 1 heterocycles. The highest BCUT2D eigenvalue weighted by Gasteiger charge is 2.38. The predicted octanol–water partition coefficient (Wildman–Crippen LogP) is 1.92. The standard InChI is InChI=1S/C19H21NO6S/c1-13-7-8-16(27(23,24)25)10-17(13)20-11-15(21)9-18(20)19(22)26-12-14-5-3-2-4-6-14/h2-8,10,15,18,21H,9,11-12H2,1H3,(H,23,24,25)/t15-,18+/m1/s1. The molecule has 0 saturated carbocycles. The van der Waals surface area contributed by atoms with Gasteiger partial charge in [0.25, 0.3) is 10.1 Å². The minimum atomic E-state index is -4.37. The molecule has 2 atom stereocenters. The third-order valence-corrected chi connectivity index (χ3v) is 5.41. The molecule has 2 N–H and O–H groups in total. The number of aryl methyl sites for hydroxylation is 1. The van der Waals surface area contributed by atoms with Crippen molar-refractivity contribution in [2.45, 2.75) is 37.0 Å². The number of benzene rings is 2. The van der Waals surface area contributed by atoms with Crippen LogP contribution in [-0.2, 0) is 26.3 Å². The lowest BCUT2D eigenvalue weighted by atomic mass is 10.1. The van der Waals surface area contributed by atoms with E-state index in [0.29, 0.717) is 5.69 Å². The Balaban J connectivity index is 1.83. The monoisotopic (exact) mass is 391 g/mol. The van der Waals surface area contributed by atoms with Gasteiger partial charge in [-0.2, -0.15) is 8.42 Å². The molecule has 1 aliphatic heterocycles. The van der Waals surface area contributed by atoms with Gasteiger partial charge in [0.05, 0.1) is 11.0 Å². The second-order valence-electron chi connectivity index (χ2n) is 6.57. The Morgan fingerprint density at radius 2 is 1.93 bits per heavy atom. The van der Waals surface area contributed by atoms with Gasteiger partial charge in [0.2, 0.25) is 0 Å². The van der Waals surface area contributed by atoms with Gasteiger partial charge in [-0.25, -0.2) is 4.79 Å². The zero-order chi connectivity index (χ0) is 19.6. The second kappa shape index (κ2) is 7.67. The van der Waals surface area contributed by atoms with E-state index in [1.54, 1.807) is 17.9 Å². The first-order valence-electron chi connectivity index (χ1n) is 8.49. The number of anilines is 1. The summed E-state index contributed by atoms with van der Waals surface area (Å²) in [5.41, 5.74) is 2.03. The minimum Gasteiger partial charge on any atom is -0.459 e. The van der Waals surface area contributed by atoms with Gasteiger partial charge < -0.3 is 14.7 Å². The van der Waals surface area contributed by atoms with Crippen molar-refractivity contribution < 1.29 is 27.6 Å². The number of aliphatic hydroxyl groups excluding tert-OH is 1. The van der Waals surface area contributed by atoms with Crippen LogP contribution in [0.3, 0.4) is 0 Å². The van der Waals surface area contributed by atoms with E-state index in [4.69, 9.17) is 4.74 Å². The van der Waals surface area contributed by atoms with Crippen LogP contribution in [0.1, 0.15) is 17.5 Å². The number of carbonyl (C=O) groups excluding carboxylic acids is 1. The Kier molecular flexibility index (Phi) is 5.50. The highest BCUT2D eigenvalue weighted by atomic mass is 32.2.